The highest BCUT2D eigenvalue weighted by atomic mass is 31.2. The molecular formula is C78H152O17P2. The fraction of sp³-hybridized carbons (Fsp3) is 0.949. The number of carbonyl (C=O) groups excluding carboxylic acids is 4. The molecule has 0 aliphatic rings. The second-order valence-electron chi connectivity index (χ2n) is 30.0. The second kappa shape index (κ2) is 67.2. The lowest BCUT2D eigenvalue weighted by Gasteiger charge is -2.21. The maximum absolute atomic E-state index is 13.1. The van der Waals surface area contributed by atoms with E-state index in [-0.39, 0.29) is 25.7 Å². The van der Waals surface area contributed by atoms with Crippen LogP contribution in [-0.2, 0) is 65.4 Å². The molecule has 0 amide bonds. The minimum atomic E-state index is -4.96. The third-order valence-electron chi connectivity index (χ3n) is 18.1. The number of phosphoric ester groups is 2. The summed E-state index contributed by atoms with van der Waals surface area (Å²) in [7, 11) is -9.92. The van der Waals surface area contributed by atoms with Gasteiger partial charge < -0.3 is 33.8 Å². The summed E-state index contributed by atoms with van der Waals surface area (Å²) in [5.41, 5.74) is 0. The zero-order valence-electron chi connectivity index (χ0n) is 63.7. The van der Waals surface area contributed by atoms with E-state index < -0.39 is 97.5 Å². The molecular weight excluding hydrogens is 1270 g/mol. The first-order chi connectivity index (χ1) is 46.6. The molecule has 3 unspecified atom stereocenters. The van der Waals surface area contributed by atoms with Crippen molar-refractivity contribution in [3.63, 3.8) is 0 Å². The molecule has 0 aliphatic carbocycles. The molecule has 19 heteroatoms. The maximum Gasteiger partial charge on any atom is 0.472 e. The molecule has 0 spiro atoms. The van der Waals surface area contributed by atoms with Gasteiger partial charge in [0.2, 0.25) is 0 Å². The van der Waals surface area contributed by atoms with Crippen LogP contribution in [0, 0.1) is 23.7 Å². The van der Waals surface area contributed by atoms with Crippen LogP contribution in [0.15, 0.2) is 0 Å². The van der Waals surface area contributed by atoms with Crippen molar-refractivity contribution in [3.8, 4) is 0 Å². The van der Waals surface area contributed by atoms with Crippen molar-refractivity contribution < 1.29 is 80.2 Å². The standard InChI is InChI=1S/C78H152O17P2/c1-68(2)54-46-38-30-24-19-15-11-9-10-12-17-21-27-34-44-52-61-78(83)95-74(65-89-76(81)59-51-43-37-36-41-49-57-71(7)8)67-93-97(86,87)91-63-72(79)62-90-96(84,85)92-66-73(64-88-75(80)58-50-42-33-29-23-26-32-40-48-56-70(5)6)94-77(82)60-53-45-35-28-22-18-14-13-16-20-25-31-39-47-55-69(3)4/h68-74,79H,9-67H2,1-8H3,(H,84,85)(H,86,87)/t72?,73-,74-/m1/s1. The molecule has 0 radical (unpaired) electrons. The highest BCUT2D eigenvalue weighted by molar-refractivity contribution is 7.47. The molecule has 0 saturated carbocycles. The average Bonchev–Trinajstić information content (AvgIpc) is 1.87. The summed E-state index contributed by atoms with van der Waals surface area (Å²) in [6.45, 7) is 14.2. The van der Waals surface area contributed by atoms with Gasteiger partial charge in [-0.1, -0.05) is 344 Å². The Labute approximate surface area is 594 Å². The number of carbonyl (C=O) groups is 4. The van der Waals surface area contributed by atoms with Gasteiger partial charge in [0.15, 0.2) is 12.2 Å². The van der Waals surface area contributed by atoms with E-state index in [1.165, 1.54) is 193 Å². The van der Waals surface area contributed by atoms with Crippen molar-refractivity contribution in [1.82, 2.24) is 0 Å². The number of phosphoric acid groups is 2. The van der Waals surface area contributed by atoms with E-state index in [0.717, 1.165) is 114 Å². The number of rotatable bonds is 75. The van der Waals surface area contributed by atoms with Gasteiger partial charge in [-0.3, -0.25) is 37.3 Å². The van der Waals surface area contributed by atoms with Crippen LogP contribution in [0.3, 0.4) is 0 Å². The molecule has 97 heavy (non-hydrogen) atoms. The predicted octanol–water partition coefficient (Wildman–Crippen LogP) is 22.8. The summed E-state index contributed by atoms with van der Waals surface area (Å²) in [4.78, 5) is 72.8. The molecule has 576 valence electrons. The molecule has 0 aromatic heterocycles. The average molecular weight is 1420 g/mol. The number of aliphatic hydroxyl groups excluding tert-OH is 1. The Morgan fingerprint density at radius 1 is 0.258 bits per heavy atom. The van der Waals surface area contributed by atoms with Crippen LogP contribution in [0.4, 0.5) is 0 Å². The first-order valence-corrected chi connectivity index (χ1v) is 43.2. The Kier molecular flexibility index (Phi) is 65.9. The van der Waals surface area contributed by atoms with Crippen molar-refractivity contribution in [1.29, 1.82) is 0 Å². The monoisotopic (exact) mass is 1420 g/mol. The molecule has 0 aromatic carbocycles. The van der Waals surface area contributed by atoms with Gasteiger partial charge >= 0.3 is 39.5 Å². The van der Waals surface area contributed by atoms with Crippen LogP contribution in [0.2, 0.25) is 0 Å². The molecule has 3 N–H and O–H groups in total. The van der Waals surface area contributed by atoms with Crippen LogP contribution in [0.5, 0.6) is 0 Å². The van der Waals surface area contributed by atoms with Gasteiger partial charge in [-0.25, -0.2) is 9.13 Å². The van der Waals surface area contributed by atoms with Crippen LogP contribution < -0.4 is 0 Å². The summed E-state index contributed by atoms with van der Waals surface area (Å²) in [5.74, 6) is 0.907. The Morgan fingerprint density at radius 3 is 0.639 bits per heavy atom. The fourth-order valence-corrected chi connectivity index (χ4v) is 13.5. The summed E-state index contributed by atoms with van der Waals surface area (Å²) in [6, 6.07) is 0. The zero-order chi connectivity index (χ0) is 71.7. The number of hydrogen-bond acceptors (Lipinski definition) is 15. The molecule has 17 nitrogen and oxygen atoms in total. The smallest absolute Gasteiger partial charge is 0.462 e. The minimum absolute atomic E-state index is 0.106. The Morgan fingerprint density at radius 2 is 0.433 bits per heavy atom. The van der Waals surface area contributed by atoms with E-state index in [1.807, 2.05) is 0 Å². The fourth-order valence-electron chi connectivity index (χ4n) is 11.9. The quantitative estimate of drug-likeness (QED) is 0.0222. The molecule has 0 rings (SSSR count). The van der Waals surface area contributed by atoms with Crippen molar-refractivity contribution >= 4 is 39.5 Å². The second-order valence-corrected chi connectivity index (χ2v) is 32.9. The molecule has 0 fully saturated rings. The Hall–Kier alpha value is -1.94. The van der Waals surface area contributed by atoms with Gasteiger partial charge in [0, 0.05) is 25.7 Å². The highest BCUT2D eigenvalue weighted by Gasteiger charge is 2.30. The number of ether oxygens (including phenoxy) is 4. The molecule has 0 aromatic rings. The van der Waals surface area contributed by atoms with Crippen LogP contribution in [0.1, 0.15) is 396 Å². The number of unbranched alkanes of at least 4 members (excludes halogenated alkanes) is 41. The van der Waals surface area contributed by atoms with E-state index in [1.54, 1.807) is 0 Å². The Bertz CT molecular complexity index is 1900. The van der Waals surface area contributed by atoms with Gasteiger partial charge in [-0.15, -0.1) is 0 Å². The molecule has 0 aliphatic heterocycles. The van der Waals surface area contributed by atoms with Crippen LogP contribution in [0.25, 0.3) is 0 Å². The number of esters is 4. The molecule has 0 heterocycles. The molecule has 0 bridgehead atoms. The topological polar surface area (TPSA) is 237 Å². The lowest BCUT2D eigenvalue weighted by molar-refractivity contribution is -0.161. The van der Waals surface area contributed by atoms with Gasteiger partial charge in [-0.2, -0.15) is 0 Å². The van der Waals surface area contributed by atoms with E-state index in [0.29, 0.717) is 31.6 Å². The van der Waals surface area contributed by atoms with Crippen molar-refractivity contribution in [2.75, 3.05) is 39.6 Å². The summed E-state index contributed by atoms with van der Waals surface area (Å²) < 4.78 is 68.6. The lowest BCUT2D eigenvalue weighted by atomic mass is 10.0. The highest BCUT2D eigenvalue weighted by Crippen LogP contribution is 2.45. The van der Waals surface area contributed by atoms with E-state index >= 15 is 0 Å². The number of hydrogen-bond donors (Lipinski definition) is 3. The SMILES string of the molecule is CC(C)CCCCCCCCCCCCCCCCCCC(=O)O[C@H](COC(=O)CCCCCCCCC(C)C)COP(=O)(O)OCC(O)COP(=O)(O)OC[C@@H](COC(=O)CCCCCCCCCCCC(C)C)OC(=O)CCCCCCCCCCCCCCCCC(C)C. The molecule has 5 atom stereocenters. The predicted molar refractivity (Wildman–Crippen MR) is 395 cm³/mol. The molecule has 0 saturated heterocycles. The van der Waals surface area contributed by atoms with E-state index in [4.69, 9.17) is 37.0 Å². The van der Waals surface area contributed by atoms with Gasteiger partial charge in [0.1, 0.15) is 19.3 Å². The van der Waals surface area contributed by atoms with Crippen LogP contribution >= 0.6 is 15.6 Å². The van der Waals surface area contributed by atoms with Gasteiger partial charge in [-0.05, 0) is 49.4 Å². The summed E-state index contributed by atoms with van der Waals surface area (Å²) in [5, 5.41) is 10.6. The van der Waals surface area contributed by atoms with E-state index in [9.17, 15) is 43.2 Å². The minimum Gasteiger partial charge on any atom is -0.462 e. The van der Waals surface area contributed by atoms with Crippen molar-refractivity contribution in [3.05, 3.63) is 0 Å². The summed E-state index contributed by atoms with van der Waals surface area (Å²) >= 11 is 0. The third kappa shape index (κ3) is 72.2. The van der Waals surface area contributed by atoms with Crippen molar-refractivity contribution in [2.24, 2.45) is 23.7 Å². The summed E-state index contributed by atoms with van der Waals surface area (Å²) in [6.07, 6.45) is 52.9. The number of aliphatic hydroxyl groups is 1. The first kappa shape index (κ1) is 95.1. The zero-order valence-corrected chi connectivity index (χ0v) is 65.5. The third-order valence-corrected chi connectivity index (χ3v) is 20.0. The van der Waals surface area contributed by atoms with Gasteiger partial charge in [0.05, 0.1) is 26.4 Å². The largest absolute Gasteiger partial charge is 0.472 e. The first-order valence-electron chi connectivity index (χ1n) is 40.2. The van der Waals surface area contributed by atoms with Crippen LogP contribution in [-0.4, -0.2) is 96.7 Å². The normalized spacial score (nSPS) is 14.1. The lowest BCUT2D eigenvalue weighted by Crippen LogP contribution is -2.30. The Balaban J connectivity index is 5.20. The van der Waals surface area contributed by atoms with Gasteiger partial charge in [0.25, 0.3) is 0 Å². The maximum atomic E-state index is 13.1. The van der Waals surface area contributed by atoms with E-state index in [2.05, 4.69) is 55.4 Å². The van der Waals surface area contributed by atoms with Crippen molar-refractivity contribution in [2.45, 2.75) is 414 Å².